The summed E-state index contributed by atoms with van der Waals surface area (Å²) in [4.78, 5) is 33.5. The van der Waals surface area contributed by atoms with Crippen LogP contribution in [0, 0.1) is 0 Å². The fraction of sp³-hybridized carbons (Fsp3) is 0.400. The Hall–Kier alpha value is -3.70. The maximum absolute atomic E-state index is 14.0. The average Bonchev–Trinajstić information content (AvgIpc) is 3.02. The third-order valence-electron chi connectivity index (χ3n) is 7.44. The molecule has 2 aromatic heterocycles. The Morgan fingerprint density at radius 1 is 0.700 bits per heavy atom. The van der Waals surface area contributed by atoms with Crippen molar-refractivity contribution in [3.63, 3.8) is 0 Å². The number of nitrogens with one attached hydrogen (secondary N) is 1. The van der Waals surface area contributed by atoms with E-state index < -0.39 is 0 Å². The van der Waals surface area contributed by atoms with Crippen LogP contribution >= 0.6 is 0 Å². The topological polar surface area (TPSA) is 97.6 Å². The first kappa shape index (κ1) is 26.5. The van der Waals surface area contributed by atoms with Crippen LogP contribution in [-0.2, 0) is 16.0 Å². The van der Waals surface area contributed by atoms with Gasteiger partial charge in [0, 0.05) is 63.5 Å². The Balaban J connectivity index is 1.44. The van der Waals surface area contributed by atoms with E-state index >= 15 is 0 Å². The van der Waals surface area contributed by atoms with E-state index in [0.717, 1.165) is 63.6 Å². The van der Waals surface area contributed by atoms with Crippen LogP contribution in [0.25, 0.3) is 33.8 Å². The molecule has 2 saturated heterocycles. The van der Waals surface area contributed by atoms with E-state index in [9.17, 15) is 4.79 Å². The van der Waals surface area contributed by atoms with Crippen molar-refractivity contribution in [2.24, 2.45) is 0 Å². The number of ether oxygens (including phenoxy) is 2. The monoisotopic (exact) mass is 541 g/mol. The van der Waals surface area contributed by atoms with Crippen LogP contribution in [-0.4, -0.2) is 102 Å². The van der Waals surface area contributed by atoms with Crippen LogP contribution in [0.15, 0.2) is 65.5 Å². The van der Waals surface area contributed by atoms with Gasteiger partial charge in [0.1, 0.15) is 11.2 Å². The molecule has 2 aromatic carbocycles. The Bertz CT molecular complexity index is 1470. The molecule has 40 heavy (non-hydrogen) atoms. The molecule has 0 saturated carbocycles. The average molecular weight is 542 g/mol. The smallest absolute Gasteiger partial charge is 0.278 e. The maximum Gasteiger partial charge on any atom is 0.278 e. The molecule has 2 aliphatic rings. The molecule has 0 amide bonds. The Labute approximate surface area is 233 Å². The van der Waals surface area contributed by atoms with Gasteiger partial charge in [-0.1, -0.05) is 60.7 Å². The fourth-order valence-electron chi connectivity index (χ4n) is 5.17. The lowest BCUT2D eigenvalue weighted by Gasteiger charge is -2.27. The molecule has 0 radical (unpaired) electrons. The van der Waals surface area contributed by atoms with Crippen molar-refractivity contribution in [1.29, 1.82) is 0 Å². The zero-order valence-electron chi connectivity index (χ0n) is 22.7. The van der Waals surface area contributed by atoms with Gasteiger partial charge in [-0.15, -0.1) is 0 Å². The van der Waals surface area contributed by atoms with Crippen molar-refractivity contribution in [2.45, 2.75) is 6.54 Å². The van der Waals surface area contributed by atoms with Crippen molar-refractivity contribution in [3.8, 4) is 22.6 Å². The van der Waals surface area contributed by atoms with Gasteiger partial charge in [0.25, 0.3) is 5.56 Å². The SMILES string of the molecule is O=c1c(-c2ccccc2)nc2c(NCCN3CCOCC3)nc(-c3ccccc3)nc2n1CCN1CCOCC1. The first-order valence-corrected chi connectivity index (χ1v) is 14.0. The van der Waals surface area contributed by atoms with Crippen molar-refractivity contribution in [2.75, 3.05) is 77.6 Å². The van der Waals surface area contributed by atoms with E-state index in [0.29, 0.717) is 54.8 Å². The van der Waals surface area contributed by atoms with E-state index in [1.165, 1.54) is 0 Å². The second kappa shape index (κ2) is 12.6. The minimum absolute atomic E-state index is 0.149. The second-order valence-corrected chi connectivity index (χ2v) is 10.1. The van der Waals surface area contributed by atoms with Crippen molar-refractivity contribution >= 4 is 17.0 Å². The minimum Gasteiger partial charge on any atom is -0.379 e. The number of aromatic nitrogens is 4. The molecule has 10 nitrogen and oxygen atoms in total. The molecule has 0 aliphatic carbocycles. The predicted octanol–water partition coefficient (Wildman–Crippen LogP) is 2.60. The number of anilines is 1. The first-order valence-electron chi connectivity index (χ1n) is 14.0. The summed E-state index contributed by atoms with van der Waals surface area (Å²) < 4.78 is 12.8. The van der Waals surface area contributed by atoms with Crippen LogP contribution in [0.3, 0.4) is 0 Å². The van der Waals surface area contributed by atoms with Gasteiger partial charge in [-0.3, -0.25) is 19.2 Å². The second-order valence-electron chi connectivity index (χ2n) is 10.1. The lowest BCUT2D eigenvalue weighted by atomic mass is 10.1. The van der Waals surface area contributed by atoms with Gasteiger partial charge in [-0.2, -0.15) is 0 Å². The molecular weight excluding hydrogens is 506 g/mol. The van der Waals surface area contributed by atoms with E-state index in [2.05, 4.69) is 15.1 Å². The number of hydrogen-bond acceptors (Lipinski definition) is 9. The summed E-state index contributed by atoms with van der Waals surface area (Å²) >= 11 is 0. The minimum atomic E-state index is -0.149. The lowest BCUT2D eigenvalue weighted by molar-refractivity contribution is 0.0364. The summed E-state index contributed by atoms with van der Waals surface area (Å²) in [6.07, 6.45) is 0. The molecule has 1 N–H and O–H groups in total. The van der Waals surface area contributed by atoms with Crippen LogP contribution in [0.4, 0.5) is 5.82 Å². The molecule has 10 heteroatoms. The van der Waals surface area contributed by atoms with Gasteiger partial charge in [-0.25, -0.2) is 15.0 Å². The van der Waals surface area contributed by atoms with Crippen LogP contribution in [0.2, 0.25) is 0 Å². The van der Waals surface area contributed by atoms with Crippen LogP contribution in [0.1, 0.15) is 0 Å². The van der Waals surface area contributed by atoms with Crippen molar-refractivity contribution < 1.29 is 9.47 Å². The largest absolute Gasteiger partial charge is 0.379 e. The number of hydrogen-bond donors (Lipinski definition) is 1. The molecule has 2 aliphatic heterocycles. The van der Waals surface area contributed by atoms with Gasteiger partial charge in [0.2, 0.25) is 0 Å². The molecular formula is C30H35N7O3. The molecule has 6 rings (SSSR count). The molecule has 0 atom stereocenters. The highest BCUT2D eigenvalue weighted by atomic mass is 16.5. The Kier molecular flexibility index (Phi) is 8.39. The standard InChI is InChI=1S/C30H35N7O3/c38-30-25(23-7-3-1-4-8-23)32-26-28(31-11-12-35-15-19-39-20-16-35)33-27(24-9-5-2-6-10-24)34-29(26)37(30)14-13-36-17-21-40-22-18-36/h1-10H,11-22H2,(H,31,33,34). The lowest BCUT2D eigenvalue weighted by Crippen LogP contribution is -2.39. The highest BCUT2D eigenvalue weighted by Crippen LogP contribution is 2.25. The van der Waals surface area contributed by atoms with E-state index in [4.69, 9.17) is 24.4 Å². The highest BCUT2D eigenvalue weighted by molar-refractivity contribution is 5.86. The third-order valence-corrected chi connectivity index (χ3v) is 7.44. The summed E-state index contributed by atoms with van der Waals surface area (Å²) in [5, 5.41) is 3.54. The third kappa shape index (κ3) is 6.05. The number of nitrogens with zero attached hydrogens (tertiary/aromatic N) is 6. The molecule has 0 bridgehead atoms. The summed E-state index contributed by atoms with van der Waals surface area (Å²) in [7, 11) is 0. The van der Waals surface area contributed by atoms with Crippen LogP contribution < -0.4 is 10.9 Å². The number of rotatable bonds is 9. The van der Waals surface area contributed by atoms with Crippen molar-refractivity contribution in [3.05, 3.63) is 71.0 Å². The van der Waals surface area contributed by atoms with Gasteiger partial charge in [0.05, 0.1) is 26.4 Å². The summed E-state index contributed by atoms with van der Waals surface area (Å²) in [6.45, 7) is 9.22. The van der Waals surface area contributed by atoms with Gasteiger partial charge in [0.15, 0.2) is 17.3 Å². The number of morpholine rings is 2. The van der Waals surface area contributed by atoms with E-state index in [1.807, 2.05) is 60.7 Å². The maximum atomic E-state index is 14.0. The quantitative estimate of drug-likeness (QED) is 0.343. The molecule has 4 heterocycles. The first-order chi connectivity index (χ1) is 19.8. The summed E-state index contributed by atoms with van der Waals surface area (Å²) in [6, 6.07) is 19.5. The normalized spacial score (nSPS) is 16.8. The number of fused-ring (bicyclic) bond motifs is 1. The van der Waals surface area contributed by atoms with Gasteiger partial charge < -0.3 is 14.8 Å². The summed E-state index contributed by atoms with van der Waals surface area (Å²) in [5.74, 6) is 1.20. The fourth-order valence-corrected chi connectivity index (χ4v) is 5.17. The zero-order valence-corrected chi connectivity index (χ0v) is 22.7. The molecule has 0 unspecified atom stereocenters. The summed E-state index contributed by atoms with van der Waals surface area (Å²) in [5.41, 5.74) is 3.06. The Morgan fingerprint density at radius 2 is 1.30 bits per heavy atom. The van der Waals surface area contributed by atoms with Gasteiger partial charge >= 0.3 is 0 Å². The number of benzene rings is 2. The van der Waals surface area contributed by atoms with E-state index in [1.54, 1.807) is 4.57 Å². The predicted molar refractivity (Wildman–Crippen MR) is 155 cm³/mol. The molecule has 208 valence electrons. The Morgan fingerprint density at radius 3 is 1.95 bits per heavy atom. The van der Waals surface area contributed by atoms with Gasteiger partial charge in [-0.05, 0) is 0 Å². The molecule has 2 fully saturated rings. The van der Waals surface area contributed by atoms with Crippen LogP contribution in [0.5, 0.6) is 0 Å². The highest BCUT2D eigenvalue weighted by Gasteiger charge is 2.21. The van der Waals surface area contributed by atoms with E-state index in [-0.39, 0.29) is 5.56 Å². The molecule has 0 spiro atoms. The molecule has 4 aromatic rings. The zero-order chi connectivity index (χ0) is 27.1. The van der Waals surface area contributed by atoms with Crippen molar-refractivity contribution in [1.82, 2.24) is 29.3 Å².